The van der Waals surface area contributed by atoms with E-state index in [0.717, 1.165) is 22.0 Å². The van der Waals surface area contributed by atoms with Gasteiger partial charge >= 0.3 is 0 Å². The number of carboxylic acid groups (broad SMARTS) is 1. The Hall–Kier alpha value is -3.41. The lowest BCUT2D eigenvalue weighted by atomic mass is 9.99. The molecule has 1 aliphatic heterocycles. The van der Waals surface area contributed by atoms with Crippen molar-refractivity contribution in [3.05, 3.63) is 65.4 Å². The first-order valence-corrected chi connectivity index (χ1v) is 14.1. The summed E-state index contributed by atoms with van der Waals surface area (Å²) in [5.41, 5.74) is 3.66. The van der Waals surface area contributed by atoms with Gasteiger partial charge in [-0.15, -0.1) is 0 Å². The number of anilines is 1. The second-order valence-electron chi connectivity index (χ2n) is 9.58. The zero-order valence-electron chi connectivity index (χ0n) is 22.1. The normalized spacial score (nSPS) is 15.5. The van der Waals surface area contributed by atoms with Crippen LogP contribution in [0.3, 0.4) is 0 Å². The number of benzene rings is 2. The van der Waals surface area contributed by atoms with E-state index in [1.807, 2.05) is 63.4 Å². The molecule has 0 spiro atoms. The van der Waals surface area contributed by atoms with Crippen molar-refractivity contribution in [3.63, 3.8) is 0 Å². The Balaban J connectivity index is 0.00000127. The molecule has 4 N–H and O–H groups in total. The molecule has 0 saturated carbocycles. The third-order valence-electron chi connectivity index (χ3n) is 6.55. The number of carbonyl (C=O) groups excluding carboxylic acids is 1. The summed E-state index contributed by atoms with van der Waals surface area (Å²) in [5, 5.41) is 24.9. The minimum Gasteiger partial charge on any atom is -0.483 e. The van der Waals surface area contributed by atoms with E-state index in [1.165, 1.54) is 11.4 Å². The summed E-state index contributed by atoms with van der Waals surface area (Å²) in [6, 6.07) is 12.8. The predicted octanol–water partition coefficient (Wildman–Crippen LogP) is 2.34. The molecule has 1 aliphatic rings. The molecule has 3 aromatic rings. The molecule has 38 heavy (non-hydrogen) atoms. The second-order valence-corrected chi connectivity index (χ2v) is 11.6. The summed E-state index contributed by atoms with van der Waals surface area (Å²) in [5.74, 6) is -0.467. The van der Waals surface area contributed by atoms with E-state index in [2.05, 4.69) is 10.6 Å². The van der Waals surface area contributed by atoms with Crippen LogP contribution in [0.1, 0.15) is 42.3 Å². The van der Waals surface area contributed by atoms with Crippen LogP contribution in [-0.2, 0) is 33.5 Å². The highest BCUT2D eigenvalue weighted by Crippen LogP contribution is 2.37. The third kappa shape index (κ3) is 6.53. The van der Waals surface area contributed by atoms with Gasteiger partial charge in [0, 0.05) is 36.8 Å². The highest BCUT2D eigenvalue weighted by Gasteiger charge is 2.31. The highest BCUT2D eigenvalue weighted by atomic mass is 32.2. The van der Waals surface area contributed by atoms with E-state index in [4.69, 9.17) is 9.90 Å². The van der Waals surface area contributed by atoms with E-state index >= 15 is 0 Å². The van der Waals surface area contributed by atoms with Crippen LogP contribution in [0.25, 0.3) is 10.9 Å². The number of aliphatic hydroxyl groups excluding tert-OH is 1. The topological polar surface area (TPSA) is 141 Å². The summed E-state index contributed by atoms with van der Waals surface area (Å²) in [6.07, 6.45) is 2.24. The fourth-order valence-electron chi connectivity index (χ4n) is 4.56. The van der Waals surface area contributed by atoms with Crippen LogP contribution in [0.5, 0.6) is 0 Å². The highest BCUT2D eigenvalue weighted by molar-refractivity contribution is 7.91. The molecule has 10 nitrogen and oxygen atoms in total. The van der Waals surface area contributed by atoms with Crippen LogP contribution in [0.2, 0.25) is 0 Å². The maximum atomic E-state index is 13.5. The molecule has 2 heterocycles. The summed E-state index contributed by atoms with van der Waals surface area (Å²) in [7, 11) is -2.01. The minimum absolute atomic E-state index is 0.118. The average molecular weight is 545 g/mol. The quantitative estimate of drug-likeness (QED) is 0.303. The number of hydrogen-bond donors (Lipinski definition) is 4. The van der Waals surface area contributed by atoms with E-state index in [1.54, 1.807) is 10.6 Å². The Morgan fingerprint density at radius 1 is 1.18 bits per heavy atom. The van der Waals surface area contributed by atoms with Gasteiger partial charge < -0.3 is 25.4 Å². The lowest BCUT2D eigenvalue weighted by molar-refractivity contribution is -0.122. The van der Waals surface area contributed by atoms with Crippen LogP contribution < -0.4 is 14.9 Å². The van der Waals surface area contributed by atoms with Crippen molar-refractivity contribution >= 4 is 39.0 Å². The summed E-state index contributed by atoms with van der Waals surface area (Å²) < 4.78 is 28.5. The fourth-order valence-corrected chi connectivity index (χ4v) is 5.72. The van der Waals surface area contributed by atoms with Crippen molar-refractivity contribution in [1.29, 1.82) is 0 Å². The van der Waals surface area contributed by atoms with Crippen molar-refractivity contribution in [2.24, 2.45) is 0 Å². The molecule has 11 heteroatoms. The predicted molar refractivity (Wildman–Crippen MR) is 148 cm³/mol. The molecular weight excluding hydrogens is 508 g/mol. The van der Waals surface area contributed by atoms with Crippen LogP contribution in [0, 0.1) is 0 Å². The maximum Gasteiger partial charge on any atom is 0.290 e. The monoisotopic (exact) mass is 544 g/mol. The van der Waals surface area contributed by atoms with Crippen molar-refractivity contribution in [2.45, 2.75) is 57.7 Å². The fraction of sp³-hybridized carbons (Fsp3) is 0.407. The van der Waals surface area contributed by atoms with Gasteiger partial charge in [0.15, 0.2) is 0 Å². The second kappa shape index (κ2) is 12.4. The zero-order chi connectivity index (χ0) is 28.0. The smallest absolute Gasteiger partial charge is 0.290 e. The van der Waals surface area contributed by atoms with E-state index < -0.39 is 22.2 Å². The van der Waals surface area contributed by atoms with Crippen LogP contribution in [0.15, 0.2) is 48.7 Å². The number of aromatic nitrogens is 1. The Labute approximate surface area is 223 Å². The lowest BCUT2D eigenvalue weighted by Gasteiger charge is -2.28. The number of aryl methyl sites for hydroxylation is 1. The Morgan fingerprint density at radius 3 is 2.45 bits per heavy atom. The molecule has 0 saturated heterocycles. The van der Waals surface area contributed by atoms with Crippen molar-refractivity contribution in [2.75, 3.05) is 17.9 Å². The Morgan fingerprint density at radius 2 is 1.84 bits per heavy atom. The number of sulfonamides is 1. The van der Waals surface area contributed by atoms with Crippen LogP contribution in [-0.4, -0.2) is 67.4 Å². The molecule has 0 fully saturated rings. The van der Waals surface area contributed by atoms with Crippen LogP contribution >= 0.6 is 0 Å². The number of nitrogens with one attached hydrogen (secondary N) is 2. The molecule has 206 valence electrons. The Bertz CT molecular complexity index is 1370. The third-order valence-corrected chi connectivity index (χ3v) is 8.19. The molecule has 2 atom stereocenters. The lowest BCUT2D eigenvalue weighted by Crippen LogP contribution is -2.49. The first-order valence-electron chi connectivity index (χ1n) is 12.5. The van der Waals surface area contributed by atoms with Gasteiger partial charge in [0.05, 0.1) is 23.3 Å². The summed E-state index contributed by atoms with van der Waals surface area (Å²) in [6.45, 7) is 6.10. The first kappa shape index (κ1) is 29.2. The standard InChI is InChI=1S/C26H34N4O4S.CH2O2/c1-5-19-15-30-16-35(33,34)29(4)23-13-20(12-21(19)25(23)30)26(32)28-22(24(31)14-27-17(2)3)11-18-9-7-6-8-10-18;2-1-3/h6-10,12-13,15,17,22,24,27,31H,5,11,14,16H2,1-4H3,(H,28,32);1H,(H,2,3)/t22-,24+;/m0./s1. The van der Waals surface area contributed by atoms with Crippen molar-refractivity contribution in [1.82, 2.24) is 15.2 Å². The maximum absolute atomic E-state index is 13.5. The number of amides is 1. The van der Waals surface area contributed by atoms with Gasteiger partial charge in [0.2, 0.25) is 0 Å². The van der Waals surface area contributed by atoms with E-state index in [-0.39, 0.29) is 24.3 Å². The molecule has 4 rings (SSSR count). The first-order chi connectivity index (χ1) is 18.0. The van der Waals surface area contributed by atoms with Gasteiger partial charge in [-0.1, -0.05) is 51.1 Å². The Kier molecular flexibility index (Phi) is 9.53. The SMILES string of the molecule is CCc1cn2c3c(cc(C(=O)N[C@@H](Cc4ccccc4)[C@H](O)CNC(C)C)cc13)N(C)S(=O)(=O)C2.O=CO. The number of nitrogens with zero attached hydrogens (tertiary/aromatic N) is 2. The number of hydrogen-bond acceptors (Lipinski definition) is 6. The summed E-state index contributed by atoms with van der Waals surface area (Å²) in [4.78, 5) is 21.8. The molecule has 0 unspecified atom stereocenters. The zero-order valence-corrected chi connectivity index (χ0v) is 22.9. The summed E-state index contributed by atoms with van der Waals surface area (Å²) >= 11 is 0. The molecule has 2 aromatic carbocycles. The average Bonchev–Trinajstić information content (AvgIpc) is 3.23. The molecule has 0 bridgehead atoms. The van der Waals surface area contributed by atoms with Gasteiger partial charge in [-0.05, 0) is 36.1 Å². The van der Waals surface area contributed by atoms with Gasteiger partial charge in [-0.3, -0.25) is 13.9 Å². The van der Waals surface area contributed by atoms with Crippen molar-refractivity contribution < 1.29 is 28.2 Å². The molecular formula is C27H36N4O6S. The van der Waals surface area contributed by atoms with Gasteiger partial charge in [0.25, 0.3) is 22.4 Å². The van der Waals surface area contributed by atoms with E-state index in [9.17, 15) is 18.3 Å². The molecule has 0 aliphatic carbocycles. The molecule has 1 amide bonds. The van der Waals surface area contributed by atoms with E-state index in [0.29, 0.717) is 30.6 Å². The number of carbonyl (C=O) groups is 2. The number of aliphatic hydroxyl groups is 1. The van der Waals surface area contributed by atoms with Gasteiger partial charge in [-0.25, -0.2) is 8.42 Å². The molecule has 0 radical (unpaired) electrons. The van der Waals surface area contributed by atoms with Crippen LogP contribution in [0.4, 0.5) is 5.69 Å². The number of rotatable bonds is 9. The van der Waals surface area contributed by atoms with Gasteiger partial charge in [0.1, 0.15) is 5.88 Å². The van der Waals surface area contributed by atoms with Crippen molar-refractivity contribution in [3.8, 4) is 0 Å². The largest absolute Gasteiger partial charge is 0.483 e. The minimum atomic E-state index is -3.53. The molecule has 1 aromatic heterocycles. The van der Waals surface area contributed by atoms with Gasteiger partial charge in [-0.2, -0.15) is 0 Å².